The lowest BCUT2D eigenvalue weighted by molar-refractivity contribution is -0.144. The van der Waals surface area contributed by atoms with Gasteiger partial charge in [0, 0.05) is 11.8 Å². The quantitative estimate of drug-likeness (QED) is 0.347. The number of sulfone groups is 1. The first kappa shape index (κ1) is 24.1. The number of halogens is 4. The minimum Gasteiger partial charge on any atom is -0.453 e. The number of ether oxygens (including phenoxy) is 1. The number of benzene rings is 1. The second-order valence-electron chi connectivity index (χ2n) is 6.30. The summed E-state index contributed by atoms with van der Waals surface area (Å²) in [5.74, 6) is -1.48. The number of carbonyl (C=O) groups is 1. The first-order valence-electron chi connectivity index (χ1n) is 8.54. The predicted molar refractivity (Wildman–Crippen MR) is 109 cm³/mol. The number of carbonyl (C=O) groups excluding carboxylic acids is 1. The topological polar surface area (TPSA) is 117 Å². The molecule has 0 aliphatic carbocycles. The molecule has 172 valence electrons. The summed E-state index contributed by atoms with van der Waals surface area (Å²) in [6, 6.07) is 5.55. The van der Waals surface area contributed by atoms with E-state index in [4.69, 9.17) is 20.8 Å². The van der Waals surface area contributed by atoms with Gasteiger partial charge in [0.2, 0.25) is 5.89 Å². The van der Waals surface area contributed by atoms with Crippen LogP contribution in [0.5, 0.6) is 0 Å². The maximum absolute atomic E-state index is 13.3. The third-order valence-corrected chi connectivity index (χ3v) is 5.74. The van der Waals surface area contributed by atoms with Crippen molar-refractivity contribution in [1.82, 2.24) is 20.0 Å². The van der Waals surface area contributed by atoms with E-state index >= 15 is 0 Å². The Balaban J connectivity index is 2.05. The van der Waals surface area contributed by atoms with Crippen molar-refractivity contribution in [2.24, 2.45) is 0 Å². The van der Waals surface area contributed by atoms with Crippen molar-refractivity contribution in [3.63, 3.8) is 0 Å². The van der Waals surface area contributed by atoms with E-state index in [1.165, 1.54) is 36.0 Å². The highest BCUT2D eigenvalue weighted by Crippen LogP contribution is 2.39. The Morgan fingerprint density at radius 1 is 1.28 bits per heavy atom. The lowest BCUT2D eigenvalue weighted by atomic mass is 10.2. The fourth-order valence-electron chi connectivity index (χ4n) is 2.53. The Labute approximate surface area is 188 Å². The molecule has 15 heteroatoms. The van der Waals surface area contributed by atoms with E-state index in [1.54, 1.807) is 6.26 Å². The largest absolute Gasteiger partial charge is 0.453 e. The van der Waals surface area contributed by atoms with Gasteiger partial charge in [0.25, 0.3) is 5.89 Å². The van der Waals surface area contributed by atoms with Crippen LogP contribution in [0.3, 0.4) is 0 Å². The van der Waals surface area contributed by atoms with Crippen LogP contribution in [0.2, 0.25) is 5.02 Å². The van der Waals surface area contributed by atoms with Crippen molar-refractivity contribution in [3.8, 4) is 23.0 Å². The van der Waals surface area contributed by atoms with Crippen LogP contribution in [0, 0.1) is 0 Å². The van der Waals surface area contributed by atoms with Gasteiger partial charge in [0.05, 0.1) is 4.90 Å². The molecular formula is C17H14ClF3N4O5S2. The van der Waals surface area contributed by atoms with Crippen molar-refractivity contribution in [3.05, 3.63) is 35.0 Å². The first-order chi connectivity index (χ1) is 14.9. The summed E-state index contributed by atoms with van der Waals surface area (Å²) in [5, 5.41) is 10.0. The van der Waals surface area contributed by atoms with Gasteiger partial charge < -0.3 is 9.15 Å². The maximum Gasteiger partial charge on any atom is 0.436 e. The van der Waals surface area contributed by atoms with E-state index in [0.717, 1.165) is 6.26 Å². The lowest BCUT2D eigenvalue weighted by Crippen LogP contribution is -2.16. The normalized spacial score (nSPS) is 12.2. The van der Waals surface area contributed by atoms with Crippen LogP contribution in [-0.2, 0) is 32.1 Å². The molecule has 1 aromatic carbocycles. The van der Waals surface area contributed by atoms with Gasteiger partial charge in [-0.05, 0) is 24.5 Å². The molecular weight excluding hydrogens is 497 g/mol. The van der Waals surface area contributed by atoms with E-state index in [2.05, 4.69) is 15.3 Å². The summed E-state index contributed by atoms with van der Waals surface area (Å²) in [4.78, 5) is 11.9. The van der Waals surface area contributed by atoms with Crippen molar-refractivity contribution in [2.75, 3.05) is 18.5 Å². The average Bonchev–Trinajstić information content (AvgIpc) is 3.30. The summed E-state index contributed by atoms with van der Waals surface area (Å²) in [6.07, 6.45) is -2.23. The average molecular weight is 511 g/mol. The van der Waals surface area contributed by atoms with Gasteiger partial charge in [-0.15, -0.1) is 22.0 Å². The first-order valence-corrected chi connectivity index (χ1v) is 12.2. The molecule has 3 aromatic rings. The molecule has 2 aromatic heterocycles. The molecule has 0 bridgehead atoms. The predicted octanol–water partition coefficient (Wildman–Crippen LogP) is 3.54. The van der Waals surface area contributed by atoms with Crippen LogP contribution < -0.4 is 0 Å². The van der Waals surface area contributed by atoms with Crippen LogP contribution in [0.25, 0.3) is 23.0 Å². The summed E-state index contributed by atoms with van der Waals surface area (Å²) in [6.45, 7) is -0.688. The molecule has 2 heterocycles. The molecule has 0 atom stereocenters. The summed E-state index contributed by atoms with van der Waals surface area (Å²) < 4.78 is 74.4. The SMILES string of the molecule is CSCOC(=O)Cn1nc(C(F)(F)F)c(Cl)c1-c1nnc(-c2cccc(S(C)(=O)=O)c2)o1. The Hall–Kier alpha value is -2.58. The van der Waals surface area contributed by atoms with Gasteiger partial charge in [-0.25, -0.2) is 13.1 Å². The number of nitrogens with zero attached hydrogens (tertiary/aromatic N) is 4. The molecule has 0 unspecified atom stereocenters. The zero-order valence-electron chi connectivity index (χ0n) is 16.4. The van der Waals surface area contributed by atoms with Gasteiger partial charge in [-0.1, -0.05) is 17.7 Å². The third kappa shape index (κ3) is 5.24. The highest BCUT2D eigenvalue weighted by molar-refractivity contribution is 7.98. The van der Waals surface area contributed by atoms with Crippen molar-refractivity contribution >= 4 is 39.2 Å². The van der Waals surface area contributed by atoms with Gasteiger partial charge in [-0.3, -0.25) is 4.79 Å². The van der Waals surface area contributed by atoms with Crippen LogP contribution in [0.4, 0.5) is 13.2 Å². The summed E-state index contributed by atoms with van der Waals surface area (Å²) in [7, 11) is -3.53. The molecule has 0 spiro atoms. The maximum atomic E-state index is 13.3. The fraction of sp³-hybridized carbons (Fsp3) is 0.294. The van der Waals surface area contributed by atoms with Gasteiger partial charge in [-0.2, -0.15) is 18.3 Å². The number of thioether (sulfide) groups is 1. The lowest BCUT2D eigenvalue weighted by Gasteiger charge is -2.05. The third-order valence-electron chi connectivity index (χ3n) is 3.92. The van der Waals surface area contributed by atoms with E-state index in [-0.39, 0.29) is 22.3 Å². The Morgan fingerprint density at radius 2 is 1.97 bits per heavy atom. The monoisotopic (exact) mass is 510 g/mol. The number of rotatable bonds is 7. The van der Waals surface area contributed by atoms with E-state index in [1.807, 2.05) is 0 Å². The van der Waals surface area contributed by atoms with Crippen molar-refractivity contribution < 1.29 is 35.5 Å². The van der Waals surface area contributed by atoms with Crippen molar-refractivity contribution in [1.29, 1.82) is 0 Å². The Morgan fingerprint density at radius 3 is 2.59 bits per heavy atom. The van der Waals surface area contributed by atoms with E-state index < -0.39 is 50.8 Å². The minimum atomic E-state index is -4.91. The molecule has 0 aliphatic heterocycles. The van der Waals surface area contributed by atoms with Crippen LogP contribution in [0.15, 0.2) is 33.6 Å². The second kappa shape index (κ2) is 9.11. The number of esters is 1. The van der Waals surface area contributed by atoms with Crippen molar-refractivity contribution in [2.45, 2.75) is 17.6 Å². The highest BCUT2D eigenvalue weighted by Gasteiger charge is 2.40. The Kier molecular flexibility index (Phi) is 6.86. The summed E-state index contributed by atoms with van der Waals surface area (Å²) in [5.41, 5.74) is -1.66. The van der Waals surface area contributed by atoms with E-state index in [0.29, 0.717) is 4.68 Å². The molecule has 3 rings (SSSR count). The standard InChI is InChI=1S/C17H14ClF3N4O5S2/c1-31-8-29-11(26)7-25-13(12(18)14(24-25)17(19,20)21)16-23-22-15(30-16)9-4-3-5-10(6-9)32(2,27)28/h3-6H,7-8H2,1-2H3. The number of hydrogen-bond acceptors (Lipinski definition) is 9. The zero-order valence-corrected chi connectivity index (χ0v) is 18.8. The van der Waals surface area contributed by atoms with Crippen LogP contribution >= 0.6 is 23.4 Å². The molecule has 0 radical (unpaired) electrons. The molecule has 32 heavy (non-hydrogen) atoms. The van der Waals surface area contributed by atoms with Crippen LogP contribution in [-0.4, -0.2) is 52.8 Å². The Bertz CT molecular complexity index is 1260. The van der Waals surface area contributed by atoms with Crippen LogP contribution in [0.1, 0.15) is 5.69 Å². The summed E-state index contributed by atoms with van der Waals surface area (Å²) >= 11 is 7.11. The second-order valence-corrected chi connectivity index (χ2v) is 9.51. The molecule has 0 N–H and O–H groups in total. The highest BCUT2D eigenvalue weighted by atomic mass is 35.5. The molecule has 9 nitrogen and oxygen atoms in total. The smallest absolute Gasteiger partial charge is 0.436 e. The van der Waals surface area contributed by atoms with Gasteiger partial charge in [0.1, 0.15) is 23.2 Å². The number of alkyl halides is 3. The minimum absolute atomic E-state index is 0.00330. The zero-order chi connectivity index (χ0) is 23.7. The van der Waals surface area contributed by atoms with Gasteiger partial charge in [0.15, 0.2) is 15.5 Å². The molecule has 0 fully saturated rings. The molecule has 0 aliphatic rings. The molecule has 0 amide bonds. The number of aromatic nitrogens is 4. The van der Waals surface area contributed by atoms with E-state index in [9.17, 15) is 26.4 Å². The molecule has 0 saturated heterocycles. The molecule has 0 saturated carbocycles. The number of hydrogen-bond donors (Lipinski definition) is 0. The van der Waals surface area contributed by atoms with Gasteiger partial charge >= 0.3 is 12.1 Å². The fourth-order valence-corrected chi connectivity index (χ4v) is 3.77.